The van der Waals surface area contributed by atoms with Crippen molar-refractivity contribution in [1.82, 2.24) is 9.78 Å². The van der Waals surface area contributed by atoms with Crippen molar-refractivity contribution in [2.75, 3.05) is 0 Å². The Morgan fingerprint density at radius 1 is 1.29 bits per heavy atom. The van der Waals surface area contributed by atoms with Crippen molar-refractivity contribution in [2.45, 2.75) is 64.3 Å². The summed E-state index contributed by atoms with van der Waals surface area (Å²) in [5.74, 6) is -0.316. The molecule has 128 valence electrons. The predicted octanol–water partition coefficient (Wildman–Crippen LogP) is 4.51. The van der Waals surface area contributed by atoms with Crippen LogP contribution >= 0.6 is 0 Å². The molecule has 0 saturated carbocycles. The Kier molecular flexibility index (Phi) is 4.74. The molecule has 0 saturated heterocycles. The number of hydrogen-bond acceptors (Lipinski definition) is 2. The van der Waals surface area contributed by atoms with E-state index in [2.05, 4.69) is 49.7 Å². The first kappa shape index (κ1) is 16.7. The Morgan fingerprint density at radius 3 is 2.62 bits per heavy atom. The van der Waals surface area contributed by atoms with Crippen LogP contribution in [-0.2, 0) is 11.2 Å². The molecule has 1 aliphatic carbocycles. The SMILES string of the molecule is CC(C)c1nn(C(C)c2ccccc2)c2c1C(CC(=O)O)CCC2. The van der Waals surface area contributed by atoms with Crippen molar-refractivity contribution >= 4 is 5.97 Å². The van der Waals surface area contributed by atoms with Gasteiger partial charge in [0.25, 0.3) is 0 Å². The quantitative estimate of drug-likeness (QED) is 0.879. The molecular weight excluding hydrogens is 300 g/mol. The second-order valence-corrected chi connectivity index (χ2v) is 7.12. The Balaban J connectivity index is 2.07. The molecule has 1 aromatic heterocycles. The number of hydrogen-bond donors (Lipinski definition) is 1. The van der Waals surface area contributed by atoms with Gasteiger partial charge >= 0.3 is 5.97 Å². The maximum Gasteiger partial charge on any atom is 0.303 e. The fourth-order valence-corrected chi connectivity index (χ4v) is 3.89. The average molecular weight is 326 g/mol. The first-order valence-electron chi connectivity index (χ1n) is 8.87. The average Bonchev–Trinajstić information content (AvgIpc) is 2.95. The number of nitrogens with zero attached hydrogens (tertiary/aromatic N) is 2. The fourth-order valence-electron chi connectivity index (χ4n) is 3.89. The lowest BCUT2D eigenvalue weighted by Gasteiger charge is -2.25. The Bertz CT molecular complexity index is 719. The third kappa shape index (κ3) is 3.10. The standard InChI is InChI=1S/C20H26N2O2/c1-13(2)20-19-16(12-18(23)24)10-7-11-17(19)22(21-20)14(3)15-8-5-4-6-9-15/h4-6,8-9,13-14,16H,7,10-12H2,1-3H3,(H,23,24). The van der Waals surface area contributed by atoms with Crippen LogP contribution in [-0.4, -0.2) is 20.9 Å². The summed E-state index contributed by atoms with van der Waals surface area (Å²) in [5.41, 5.74) is 4.77. The van der Waals surface area contributed by atoms with E-state index in [1.54, 1.807) is 0 Å². The number of carboxylic acids is 1. The summed E-state index contributed by atoms with van der Waals surface area (Å²) in [7, 11) is 0. The highest BCUT2D eigenvalue weighted by Gasteiger charge is 2.32. The van der Waals surface area contributed by atoms with Gasteiger partial charge in [0.1, 0.15) is 0 Å². The molecule has 0 radical (unpaired) electrons. The van der Waals surface area contributed by atoms with Crippen molar-refractivity contribution in [1.29, 1.82) is 0 Å². The zero-order chi connectivity index (χ0) is 17.3. The van der Waals surface area contributed by atoms with E-state index in [9.17, 15) is 9.90 Å². The Labute approximate surface area is 143 Å². The molecule has 0 spiro atoms. The van der Waals surface area contributed by atoms with Gasteiger partial charge in [-0.05, 0) is 43.6 Å². The third-order valence-corrected chi connectivity index (χ3v) is 5.07. The van der Waals surface area contributed by atoms with E-state index in [-0.39, 0.29) is 18.4 Å². The van der Waals surface area contributed by atoms with E-state index in [0.717, 1.165) is 25.0 Å². The predicted molar refractivity (Wildman–Crippen MR) is 94.5 cm³/mol. The van der Waals surface area contributed by atoms with Gasteiger partial charge in [-0.3, -0.25) is 9.48 Å². The second kappa shape index (κ2) is 6.80. The molecule has 4 heteroatoms. The number of aromatic nitrogens is 2. The zero-order valence-corrected chi connectivity index (χ0v) is 14.7. The first-order valence-corrected chi connectivity index (χ1v) is 8.87. The molecule has 2 atom stereocenters. The molecule has 1 heterocycles. The van der Waals surface area contributed by atoms with Gasteiger partial charge in [-0.15, -0.1) is 0 Å². The molecule has 2 unspecified atom stereocenters. The molecule has 0 bridgehead atoms. The molecule has 0 aliphatic heterocycles. The maximum absolute atomic E-state index is 11.3. The third-order valence-electron chi connectivity index (χ3n) is 5.07. The van der Waals surface area contributed by atoms with Gasteiger partial charge in [-0.1, -0.05) is 44.2 Å². The zero-order valence-electron chi connectivity index (χ0n) is 14.7. The van der Waals surface area contributed by atoms with Crippen molar-refractivity contribution < 1.29 is 9.90 Å². The molecule has 4 nitrogen and oxygen atoms in total. The van der Waals surface area contributed by atoms with Crippen LogP contribution in [0, 0.1) is 0 Å². The van der Waals surface area contributed by atoms with Crippen molar-refractivity contribution in [3.63, 3.8) is 0 Å². The highest BCUT2D eigenvalue weighted by Crippen LogP contribution is 2.40. The van der Waals surface area contributed by atoms with E-state index in [1.807, 2.05) is 6.07 Å². The second-order valence-electron chi connectivity index (χ2n) is 7.12. The van der Waals surface area contributed by atoms with Crippen molar-refractivity contribution in [3.8, 4) is 0 Å². The topological polar surface area (TPSA) is 55.1 Å². The van der Waals surface area contributed by atoms with Crippen LogP contribution in [0.4, 0.5) is 0 Å². The summed E-state index contributed by atoms with van der Waals surface area (Å²) in [5, 5.41) is 14.2. The number of carbonyl (C=O) groups is 1. The van der Waals surface area contributed by atoms with Crippen LogP contribution in [0.1, 0.15) is 80.4 Å². The summed E-state index contributed by atoms with van der Waals surface area (Å²) < 4.78 is 2.15. The maximum atomic E-state index is 11.3. The minimum atomic E-state index is -0.716. The molecule has 24 heavy (non-hydrogen) atoms. The van der Waals surface area contributed by atoms with E-state index in [0.29, 0.717) is 5.92 Å². The molecular formula is C20H26N2O2. The summed E-state index contributed by atoms with van der Waals surface area (Å²) >= 11 is 0. The van der Waals surface area contributed by atoms with Crippen molar-refractivity contribution in [2.24, 2.45) is 0 Å². The van der Waals surface area contributed by atoms with Gasteiger partial charge in [-0.25, -0.2) is 0 Å². The van der Waals surface area contributed by atoms with Gasteiger partial charge in [0, 0.05) is 11.3 Å². The number of aliphatic carboxylic acids is 1. The van der Waals surface area contributed by atoms with Crippen LogP contribution in [0.25, 0.3) is 0 Å². The van der Waals surface area contributed by atoms with Gasteiger partial charge < -0.3 is 5.11 Å². The van der Waals surface area contributed by atoms with Crippen LogP contribution in [0.3, 0.4) is 0 Å². The van der Waals surface area contributed by atoms with Crippen LogP contribution in [0.15, 0.2) is 30.3 Å². The van der Waals surface area contributed by atoms with Crippen LogP contribution in [0.5, 0.6) is 0 Å². The normalized spacial score (nSPS) is 18.4. The van der Waals surface area contributed by atoms with Gasteiger partial charge in [-0.2, -0.15) is 5.10 Å². The lowest BCUT2D eigenvalue weighted by atomic mass is 9.81. The summed E-state index contributed by atoms with van der Waals surface area (Å²) in [6.45, 7) is 6.46. The molecule has 1 aromatic carbocycles. The first-order chi connectivity index (χ1) is 11.5. The Hall–Kier alpha value is -2.10. The van der Waals surface area contributed by atoms with Gasteiger partial charge in [0.05, 0.1) is 18.2 Å². The highest BCUT2D eigenvalue weighted by atomic mass is 16.4. The van der Waals surface area contributed by atoms with E-state index in [4.69, 9.17) is 5.10 Å². The smallest absolute Gasteiger partial charge is 0.303 e. The lowest BCUT2D eigenvalue weighted by Crippen LogP contribution is -2.18. The Morgan fingerprint density at radius 2 is 2.00 bits per heavy atom. The summed E-state index contributed by atoms with van der Waals surface area (Å²) in [4.78, 5) is 11.3. The molecule has 0 fully saturated rings. The fraction of sp³-hybridized carbons (Fsp3) is 0.500. The van der Waals surface area contributed by atoms with Crippen LogP contribution in [0.2, 0.25) is 0 Å². The monoisotopic (exact) mass is 326 g/mol. The summed E-state index contributed by atoms with van der Waals surface area (Å²) in [6.07, 6.45) is 3.18. The molecule has 3 rings (SSSR count). The molecule has 0 amide bonds. The largest absolute Gasteiger partial charge is 0.481 e. The van der Waals surface area contributed by atoms with Gasteiger partial charge in [0.2, 0.25) is 0 Å². The van der Waals surface area contributed by atoms with E-state index < -0.39 is 5.97 Å². The van der Waals surface area contributed by atoms with Crippen molar-refractivity contribution in [3.05, 3.63) is 52.8 Å². The molecule has 1 aliphatic rings. The minimum absolute atomic E-state index is 0.0976. The van der Waals surface area contributed by atoms with Gasteiger partial charge in [0.15, 0.2) is 0 Å². The highest BCUT2D eigenvalue weighted by molar-refractivity contribution is 5.68. The number of fused-ring (bicyclic) bond motifs is 1. The van der Waals surface area contributed by atoms with Crippen LogP contribution < -0.4 is 0 Å². The number of carboxylic acid groups (broad SMARTS) is 1. The van der Waals surface area contributed by atoms with E-state index in [1.165, 1.54) is 16.8 Å². The minimum Gasteiger partial charge on any atom is -0.481 e. The number of benzene rings is 1. The molecule has 1 N–H and O–H groups in total. The summed E-state index contributed by atoms with van der Waals surface area (Å²) in [6, 6.07) is 10.6. The lowest BCUT2D eigenvalue weighted by molar-refractivity contribution is -0.137. The molecule has 2 aromatic rings. The number of rotatable bonds is 5. The van der Waals surface area contributed by atoms with E-state index >= 15 is 0 Å².